The Kier molecular flexibility index (Phi) is 7.75. The van der Waals surface area contributed by atoms with Gasteiger partial charge >= 0.3 is 0 Å². The second-order valence-electron chi connectivity index (χ2n) is 7.64. The van der Waals surface area contributed by atoms with Gasteiger partial charge in [-0.2, -0.15) is 4.31 Å². The molecule has 168 valence electrons. The zero-order chi connectivity index (χ0) is 21.8. The number of hydroxylamine groups is 1. The van der Waals surface area contributed by atoms with Crippen LogP contribution in [-0.4, -0.2) is 93.0 Å². The van der Waals surface area contributed by atoms with E-state index in [0.717, 1.165) is 10.2 Å². The molecule has 0 aromatic heterocycles. The van der Waals surface area contributed by atoms with Crippen LogP contribution in [0.4, 0.5) is 5.69 Å². The third-order valence-electron chi connectivity index (χ3n) is 6.05. The predicted molar refractivity (Wildman–Crippen MR) is 117 cm³/mol. The van der Waals surface area contributed by atoms with Crippen LogP contribution in [0.2, 0.25) is 0 Å². The fraction of sp³-hybridized carbons (Fsp3) is 0.632. The van der Waals surface area contributed by atoms with Crippen LogP contribution in [0.15, 0.2) is 28.7 Å². The van der Waals surface area contributed by atoms with Gasteiger partial charge in [-0.1, -0.05) is 15.9 Å². The molecule has 0 unspecified atom stereocenters. The molecular formula is C19H29BrN4O5S. The Morgan fingerprint density at radius 1 is 1.13 bits per heavy atom. The molecule has 0 radical (unpaired) electrons. The quantitative estimate of drug-likeness (QED) is 0.419. The van der Waals surface area contributed by atoms with Gasteiger partial charge in [0.25, 0.3) is 5.91 Å². The van der Waals surface area contributed by atoms with Gasteiger partial charge in [0.15, 0.2) is 4.75 Å². The van der Waals surface area contributed by atoms with Crippen LogP contribution in [0.1, 0.15) is 12.8 Å². The SMILES string of the molecule is COCCN1CCC(C(=O)NO)(S(=O)(=O)N2CCN(c3ccc(Br)cc3)CC2)CC1. The number of nitrogens with one attached hydrogen (secondary N) is 1. The number of nitrogens with zero attached hydrogens (tertiary/aromatic N) is 3. The number of anilines is 1. The number of ether oxygens (including phenoxy) is 1. The number of benzene rings is 1. The van der Waals surface area contributed by atoms with E-state index in [-0.39, 0.29) is 12.8 Å². The summed E-state index contributed by atoms with van der Waals surface area (Å²) in [5, 5.41) is 9.31. The van der Waals surface area contributed by atoms with E-state index in [1.54, 1.807) is 12.6 Å². The molecule has 1 aromatic rings. The molecule has 2 saturated heterocycles. The summed E-state index contributed by atoms with van der Waals surface area (Å²) >= 11 is 3.42. The Balaban J connectivity index is 1.72. The number of halogens is 1. The van der Waals surface area contributed by atoms with Gasteiger partial charge in [-0.15, -0.1) is 0 Å². The van der Waals surface area contributed by atoms with Gasteiger partial charge in [0.1, 0.15) is 0 Å². The van der Waals surface area contributed by atoms with Crippen LogP contribution in [0, 0.1) is 0 Å². The molecule has 2 fully saturated rings. The summed E-state index contributed by atoms with van der Waals surface area (Å²) < 4.78 is 32.9. The van der Waals surface area contributed by atoms with Gasteiger partial charge in [0.05, 0.1) is 6.61 Å². The van der Waals surface area contributed by atoms with Crippen LogP contribution >= 0.6 is 15.9 Å². The number of sulfonamides is 1. The highest BCUT2D eigenvalue weighted by Gasteiger charge is 2.55. The van der Waals surface area contributed by atoms with Crippen molar-refractivity contribution in [3.05, 3.63) is 28.7 Å². The minimum atomic E-state index is -3.95. The highest BCUT2D eigenvalue weighted by Crippen LogP contribution is 2.34. The number of methoxy groups -OCH3 is 1. The number of piperazine rings is 1. The normalized spacial score (nSPS) is 20.8. The molecule has 0 aliphatic carbocycles. The second kappa shape index (κ2) is 9.92. The summed E-state index contributed by atoms with van der Waals surface area (Å²) in [5.74, 6) is -0.843. The molecule has 0 saturated carbocycles. The summed E-state index contributed by atoms with van der Waals surface area (Å²) in [4.78, 5) is 16.8. The highest BCUT2D eigenvalue weighted by molar-refractivity contribution is 9.10. The standard InChI is InChI=1S/C19H29BrN4O5S/c1-29-15-14-22-8-6-19(7-9-22,18(25)21-26)30(27,28)24-12-10-23(11-13-24)17-4-2-16(20)3-5-17/h2-5,26H,6-15H2,1H3,(H,21,25). The fourth-order valence-corrected chi connectivity index (χ4v) is 6.53. The summed E-state index contributed by atoms with van der Waals surface area (Å²) in [6, 6.07) is 7.89. The maximum atomic E-state index is 13.6. The third kappa shape index (κ3) is 4.66. The van der Waals surface area contributed by atoms with Gasteiger partial charge < -0.3 is 14.5 Å². The van der Waals surface area contributed by atoms with Crippen molar-refractivity contribution >= 4 is 37.5 Å². The molecule has 0 bridgehead atoms. The fourth-order valence-electron chi connectivity index (χ4n) is 4.15. The smallest absolute Gasteiger partial charge is 0.266 e. The number of carbonyl (C=O) groups is 1. The molecule has 0 spiro atoms. The Morgan fingerprint density at radius 2 is 1.73 bits per heavy atom. The lowest BCUT2D eigenvalue weighted by atomic mass is 9.95. The summed E-state index contributed by atoms with van der Waals surface area (Å²) in [6.45, 7) is 3.81. The van der Waals surface area contributed by atoms with Crippen LogP contribution in [0.5, 0.6) is 0 Å². The Hall–Kier alpha value is -1.24. The maximum Gasteiger partial charge on any atom is 0.266 e. The van der Waals surface area contributed by atoms with Gasteiger partial charge in [0.2, 0.25) is 10.0 Å². The average Bonchev–Trinajstić information content (AvgIpc) is 2.78. The lowest BCUT2D eigenvalue weighted by Gasteiger charge is -2.44. The first-order valence-electron chi connectivity index (χ1n) is 10.00. The zero-order valence-corrected chi connectivity index (χ0v) is 19.5. The zero-order valence-electron chi connectivity index (χ0n) is 17.1. The first-order valence-corrected chi connectivity index (χ1v) is 12.2. The van der Waals surface area contributed by atoms with Gasteiger partial charge in [-0.25, -0.2) is 13.9 Å². The van der Waals surface area contributed by atoms with E-state index in [9.17, 15) is 18.4 Å². The maximum absolute atomic E-state index is 13.6. The Bertz CT molecular complexity index is 820. The van der Waals surface area contributed by atoms with Crippen LogP contribution in [-0.2, 0) is 19.6 Å². The van der Waals surface area contributed by atoms with E-state index >= 15 is 0 Å². The van der Waals surface area contributed by atoms with E-state index in [1.165, 1.54) is 4.31 Å². The average molecular weight is 505 g/mol. The van der Waals surface area contributed by atoms with Crippen LogP contribution in [0.3, 0.4) is 0 Å². The second-order valence-corrected chi connectivity index (χ2v) is 10.8. The van der Waals surface area contributed by atoms with E-state index in [2.05, 4.69) is 25.7 Å². The summed E-state index contributed by atoms with van der Waals surface area (Å²) in [6.07, 6.45) is 0.275. The van der Waals surface area contributed by atoms with Crippen molar-refractivity contribution < 1.29 is 23.2 Å². The number of hydrogen-bond acceptors (Lipinski definition) is 7. The molecular weight excluding hydrogens is 476 g/mol. The molecule has 2 N–H and O–H groups in total. The van der Waals surface area contributed by atoms with Crippen molar-refractivity contribution in [3.63, 3.8) is 0 Å². The van der Waals surface area contributed by atoms with Crippen LogP contribution in [0.25, 0.3) is 0 Å². The van der Waals surface area contributed by atoms with Crippen molar-refractivity contribution in [2.45, 2.75) is 17.6 Å². The molecule has 3 rings (SSSR count). The Labute approximate surface area is 186 Å². The van der Waals surface area contributed by atoms with Crippen molar-refractivity contribution in [3.8, 4) is 0 Å². The van der Waals surface area contributed by atoms with E-state index in [4.69, 9.17) is 4.74 Å². The summed E-state index contributed by atoms with van der Waals surface area (Å²) in [5.41, 5.74) is 2.65. The number of hydrogen-bond donors (Lipinski definition) is 2. The number of carbonyl (C=O) groups excluding carboxylic acids is 1. The van der Waals surface area contributed by atoms with Crippen molar-refractivity contribution in [2.24, 2.45) is 0 Å². The number of piperidine rings is 1. The van der Waals surface area contributed by atoms with Crippen LogP contribution < -0.4 is 10.4 Å². The topological polar surface area (TPSA) is 102 Å². The number of rotatable bonds is 7. The van der Waals surface area contributed by atoms with Crippen molar-refractivity contribution in [1.29, 1.82) is 0 Å². The molecule has 1 aromatic carbocycles. The minimum Gasteiger partial charge on any atom is -0.383 e. The molecule has 2 heterocycles. The molecule has 9 nitrogen and oxygen atoms in total. The van der Waals surface area contributed by atoms with E-state index < -0.39 is 20.7 Å². The van der Waals surface area contributed by atoms with Gasteiger partial charge in [-0.05, 0) is 37.1 Å². The monoisotopic (exact) mass is 504 g/mol. The van der Waals surface area contributed by atoms with Gasteiger partial charge in [0, 0.05) is 63.1 Å². The molecule has 1 amide bonds. The first kappa shape index (κ1) is 23.4. The minimum absolute atomic E-state index is 0.137. The number of amides is 1. The summed E-state index contributed by atoms with van der Waals surface area (Å²) in [7, 11) is -2.33. The predicted octanol–water partition coefficient (Wildman–Crippen LogP) is 0.887. The van der Waals surface area contributed by atoms with E-state index in [1.807, 2.05) is 24.3 Å². The molecule has 2 aliphatic heterocycles. The molecule has 11 heteroatoms. The largest absolute Gasteiger partial charge is 0.383 e. The molecule has 0 atom stereocenters. The highest BCUT2D eigenvalue weighted by atomic mass is 79.9. The molecule has 2 aliphatic rings. The third-order valence-corrected chi connectivity index (χ3v) is 9.21. The van der Waals surface area contributed by atoms with E-state index in [0.29, 0.717) is 52.4 Å². The number of likely N-dealkylation sites (tertiary alicyclic amines) is 1. The lowest BCUT2D eigenvalue weighted by Crippen LogP contribution is -2.63. The van der Waals surface area contributed by atoms with Crippen molar-refractivity contribution in [2.75, 3.05) is 64.4 Å². The Morgan fingerprint density at radius 3 is 2.27 bits per heavy atom. The lowest BCUT2D eigenvalue weighted by molar-refractivity contribution is -0.133. The van der Waals surface area contributed by atoms with Crippen molar-refractivity contribution in [1.82, 2.24) is 14.7 Å². The first-order chi connectivity index (χ1) is 14.3. The van der Waals surface area contributed by atoms with Gasteiger partial charge in [-0.3, -0.25) is 10.0 Å². The molecule has 30 heavy (non-hydrogen) atoms.